The second kappa shape index (κ2) is 6.19. The van der Waals surface area contributed by atoms with E-state index >= 15 is 0 Å². The van der Waals surface area contributed by atoms with E-state index in [1.165, 1.54) is 25.9 Å². The molecule has 0 aromatic carbocycles. The molecule has 1 saturated heterocycles. The van der Waals surface area contributed by atoms with E-state index in [2.05, 4.69) is 51.8 Å². The fourth-order valence-electron chi connectivity index (χ4n) is 2.69. The number of likely N-dealkylation sites (tertiary alicyclic amines) is 1. The summed E-state index contributed by atoms with van der Waals surface area (Å²) in [5.41, 5.74) is 0.371. The van der Waals surface area contributed by atoms with Crippen molar-refractivity contribution in [1.82, 2.24) is 10.2 Å². The summed E-state index contributed by atoms with van der Waals surface area (Å²) in [5.74, 6) is 0.875. The molecule has 1 aliphatic rings. The van der Waals surface area contributed by atoms with Gasteiger partial charge in [-0.2, -0.15) is 0 Å². The zero-order chi connectivity index (χ0) is 13.1. The Hall–Kier alpha value is -0.0800. The largest absolute Gasteiger partial charge is 0.314 e. The highest BCUT2D eigenvalue weighted by Gasteiger charge is 2.28. The first kappa shape index (κ1) is 15.0. The molecule has 1 aliphatic heterocycles. The van der Waals surface area contributed by atoms with Crippen LogP contribution in [-0.4, -0.2) is 36.6 Å². The van der Waals surface area contributed by atoms with Gasteiger partial charge in [-0.15, -0.1) is 0 Å². The highest BCUT2D eigenvalue weighted by molar-refractivity contribution is 4.83. The van der Waals surface area contributed by atoms with E-state index in [1.807, 2.05) is 0 Å². The van der Waals surface area contributed by atoms with Crippen molar-refractivity contribution < 1.29 is 0 Å². The Labute approximate surface area is 108 Å². The monoisotopic (exact) mass is 240 g/mol. The van der Waals surface area contributed by atoms with Crippen molar-refractivity contribution in [1.29, 1.82) is 0 Å². The third-order valence-corrected chi connectivity index (χ3v) is 3.87. The van der Waals surface area contributed by atoms with Crippen molar-refractivity contribution in [2.75, 3.05) is 19.6 Å². The molecule has 102 valence electrons. The first-order valence-corrected chi connectivity index (χ1v) is 7.27. The van der Waals surface area contributed by atoms with Gasteiger partial charge in [0.05, 0.1) is 0 Å². The Bertz CT molecular complexity index is 223. The van der Waals surface area contributed by atoms with E-state index in [9.17, 15) is 0 Å². The van der Waals surface area contributed by atoms with Gasteiger partial charge in [-0.1, -0.05) is 34.6 Å². The summed E-state index contributed by atoms with van der Waals surface area (Å²) in [6.07, 6.45) is 2.77. The minimum atomic E-state index is 0.371. The van der Waals surface area contributed by atoms with E-state index in [-0.39, 0.29) is 0 Å². The molecule has 0 aromatic heterocycles. The van der Waals surface area contributed by atoms with Crippen LogP contribution in [0.3, 0.4) is 0 Å². The molecule has 0 aromatic rings. The Morgan fingerprint density at radius 2 is 1.88 bits per heavy atom. The van der Waals surface area contributed by atoms with Crippen LogP contribution >= 0.6 is 0 Å². The first-order chi connectivity index (χ1) is 7.80. The minimum Gasteiger partial charge on any atom is -0.314 e. The number of piperidine rings is 1. The molecular formula is C15H32N2. The van der Waals surface area contributed by atoms with Crippen LogP contribution in [0, 0.1) is 11.3 Å². The Morgan fingerprint density at radius 1 is 1.24 bits per heavy atom. The van der Waals surface area contributed by atoms with Crippen molar-refractivity contribution in [2.24, 2.45) is 11.3 Å². The van der Waals surface area contributed by atoms with Gasteiger partial charge >= 0.3 is 0 Å². The van der Waals surface area contributed by atoms with Gasteiger partial charge in [-0.05, 0) is 31.1 Å². The maximum absolute atomic E-state index is 3.57. The average molecular weight is 240 g/mol. The Balaban J connectivity index is 2.44. The molecule has 0 aliphatic carbocycles. The SMILES string of the molecule is CC1CCC(C)N(CC(C)(C)CNC(C)C)C1. The van der Waals surface area contributed by atoms with E-state index < -0.39 is 0 Å². The van der Waals surface area contributed by atoms with E-state index in [4.69, 9.17) is 0 Å². The fourth-order valence-corrected chi connectivity index (χ4v) is 2.69. The van der Waals surface area contributed by atoms with Crippen LogP contribution in [0.5, 0.6) is 0 Å². The normalized spacial score (nSPS) is 27.7. The van der Waals surface area contributed by atoms with E-state index in [0.717, 1.165) is 18.5 Å². The number of nitrogens with one attached hydrogen (secondary N) is 1. The van der Waals surface area contributed by atoms with Gasteiger partial charge < -0.3 is 5.32 Å². The summed E-state index contributed by atoms with van der Waals surface area (Å²) in [7, 11) is 0. The summed E-state index contributed by atoms with van der Waals surface area (Å²) >= 11 is 0. The maximum atomic E-state index is 3.57. The van der Waals surface area contributed by atoms with Gasteiger partial charge in [0.15, 0.2) is 0 Å². The van der Waals surface area contributed by atoms with Gasteiger partial charge in [0, 0.05) is 31.7 Å². The van der Waals surface area contributed by atoms with E-state index in [1.54, 1.807) is 0 Å². The molecule has 2 unspecified atom stereocenters. The van der Waals surface area contributed by atoms with Crippen LogP contribution in [0.1, 0.15) is 54.4 Å². The van der Waals surface area contributed by atoms with Gasteiger partial charge in [0.1, 0.15) is 0 Å². The lowest BCUT2D eigenvalue weighted by atomic mass is 9.88. The number of nitrogens with zero attached hydrogens (tertiary/aromatic N) is 1. The zero-order valence-corrected chi connectivity index (χ0v) is 12.7. The van der Waals surface area contributed by atoms with Crippen LogP contribution in [0.15, 0.2) is 0 Å². The van der Waals surface area contributed by atoms with Crippen LogP contribution in [0.4, 0.5) is 0 Å². The van der Waals surface area contributed by atoms with Crippen molar-refractivity contribution in [2.45, 2.75) is 66.5 Å². The lowest BCUT2D eigenvalue weighted by Gasteiger charge is -2.41. The average Bonchev–Trinajstić information content (AvgIpc) is 2.20. The lowest BCUT2D eigenvalue weighted by Crippen LogP contribution is -2.48. The first-order valence-electron chi connectivity index (χ1n) is 7.27. The number of hydrogen-bond acceptors (Lipinski definition) is 2. The quantitative estimate of drug-likeness (QED) is 0.794. The Morgan fingerprint density at radius 3 is 2.47 bits per heavy atom. The van der Waals surface area contributed by atoms with Crippen molar-refractivity contribution in [3.05, 3.63) is 0 Å². The molecule has 0 amide bonds. The highest BCUT2D eigenvalue weighted by atomic mass is 15.2. The van der Waals surface area contributed by atoms with Gasteiger partial charge in [-0.25, -0.2) is 0 Å². The molecule has 17 heavy (non-hydrogen) atoms. The highest BCUT2D eigenvalue weighted by Crippen LogP contribution is 2.25. The topological polar surface area (TPSA) is 15.3 Å². The van der Waals surface area contributed by atoms with Gasteiger partial charge in [-0.3, -0.25) is 4.90 Å². The predicted molar refractivity (Wildman–Crippen MR) is 76.4 cm³/mol. The van der Waals surface area contributed by atoms with Crippen LogP contribution in [0.25, 0.3) is 0 Å². The number of rotatable bonds is 5. The molecule has 2 nitrogen and oxygen atoms in total. The number of hydrogen-bond donors (Lipinski definition) is 1. The second-order valence-electron chi connectivity index (χ2n) is 7.16. The van der Waals surface area contributed by atoms with Gasteiger partial charge in [0.2, 0.25) is 0 Å². The molecule has 2 atom stereocenters. The van der Waals surface area contributed by atoms with Crippen LogP contribution < -0.4 is 5.32 Å². The summed E-state index contributed by atoms with van der Waals surface area (Å²) in [6.45, 7) is 17.6. The molecule has 1 rings (SSSR count). The predicted octanol–water partition coefficient (Wildman–Crippen LogP) is 3.13. The fraction of sp³-hybridized carbons (Fsp3) is 1.00. The molecular weight excluding hydrogens is 208 g/mol. The van der Waals surface area contributed by atoms with Crippen LogP contribution in [-0.2, 0) is 0 Å². The molecule has 1 heterocycles. The third-order valence-electron chi connectivity index (χ3n) is 3.87. The smallest absolute Gasteiger partial charge is 0.00673 e. The summed E-state index contributed by atoms with van der Waals surface area (Å²) in [6, 6.07) is 1.36. The molecule has 1 fully saturated rings. The van der Waals surface area contributed by atoms with Crippen molar-refractivity contribution in [3.63, 3.8) is 0 Å². The molecule has 0 radical (unpaired) electrons. The summed E-state index contributed by atoms with van der Waals surface area (Å²) in [5, 5.41) is 3.57. The van der Waals surface area contributed by atoms with Crippen LogP contribution in [0.2, 0.25) is 0 Å². The second-order valence-corrected chi connectivity index (χ2v) is 7.16. The van der Waals surface area contributed by atoms with E-state index in [0.29, 0.717) is 11.5 Å². The maximum Gasteiger partial charge on any atom is 0.00673 e. The van der Waals surface area contributed by atoms with Gasteiger partial charge in [0.25, 0.3) is 0 Å². The summed E-state index contributed by atoms with van der Waals surface area (Å²) in [4.78, 5) is 2.69. The Kier molecular flexibility index (Phi) is 5.46. The molecule has 0 saturated carbocycles. The lowest BCUT2D eigenvalue weighted by molar-refractivity contribution is 0.0790. The standard InChI is InChI=1S/C15H32N2/c1-12(2)16-10-15(5,6)11-17-9-13(3)7-8-14(17)4/h12-14,16H,7-11H2,1-6H3. The minimum absolute atomic E-state index is 0.371. The molecule has 0 bridgehead atoms. The van der Waals surface area contributed by atoms with Crippen molar-refractivity contribution >= 4 is 0 Å². The summed E-state index contributed by atoms with van der Waals surface area (Å²) < 4.78 is 0. The third kappa shape index (κ3) is 5.39. The molecule has 1 N–H and O–H groups in total. The molecule has 2 heteroatoms. The zero-order valence-electron chi connectivity index (χ0n) is 12.7. The van der Waals surface area contributed by atoms with Crippen molar-refractivity contribution in [3.8, 4) is 0 Å². The molecule has 0 spiro atoms.